The molecule has 122 valence electrons. The minimum absolute atomic E-state index is 0.127. The van der Waals surface area contributed by atoms with Crippen LogP contribution in [0.2, 0.25) is 0 Å². The first-order chi connectivity index (χ1) is 10.1. The van der Waals surface area contributed by atoms with E-state index in [0.29, 0.717) is 0 Å². The Kier molecular flexibility index (Phi) is 4.67. The molecular weight excluding hydrogens is 259 g/mol. The second-order valence-electron chi connectivity index (χ2n) is 8.73. The van der Waals surface area contributed by atoms with Crippen LogP contribution < -0.4 is 0 Å². The van der Waals surface area contributed by atoms with Crippen molar-refractivity contribution in [3.63, 3.8) is 0 Å². The van der Waals surface area contributed by atoms with Crippen LogP contribution >= 0.6 is 0 Å². The summed E-state index contributed by atoms with van der Waals surface area (Å²) in [6.45, 7) is 4.57. The lowest BCUT2D eigenvalue weighted by Crippen LogP contribution is -2.60. The highest BCUT2D eigenvalue weighted by atomic mass is 19.1. The molecule has 0 aliphatic heterocycles. The Labute approximate surface area is 131 Å². The normalized spacial score (nSPS) is 46.7. The highest BCUT2D eigenvalue weighted by Crippen LogP contribution is 2.68. The molecule has 2 spiro atoms. The Morgan fingerprint density at radius 3 is 1.43 bits per heavy atom. The fourth-order valence-corrected chi connectivity index (χ4v) is 6.16. The summed E-state index contributed by atoms with van der Waals surface area (Å²) in [5.41, 5.74) is 0.254. The number of rotatable bonds is 4. The maximum atomic E-state index is 15.2. The summed E-state index contributed by atoms with van der Waals surface area (Å²) in [7, 11) is 0. The molecule has 0 N–H and O–H groups in total. The molecule has 3 rings (SSSR count). The summed E-state index contributed by atoms with van der Waals surface area (Å²) in [6.07, 6.45) is 16.1. The van der Waals surface area contributed by atoms with E-state index in [2.05, 4.69) is 13.8 Å². The molecule has 0 saturated heterocycles. The van der Waals surface area contributed by atoms with Crippen LogP contribution in [-0.2, 0) is 0 Å². The molecule has 3 fully saturated rings. The minimum atomic E-state index is -0.463. The third-order valence-corrected chi connectivity index (χ3v) is 7.38. The fourth-order valence-electron chi connectivity index (χ4n) is 6.16. The zero-order valence-electron chi connectivity index (χ0n) is 14.3. The second-order valence-corrected chi connectivity index (χ2v) is 8.73. The lowest BCUT2D eigenvalue weighted by Gasteiger charge is -2.63. The largest absolute Gasteiger partial charge is 0.246 e. The van der Waals surface area contributed by atoms with E-state index in [4.69, 9.17) is 0 Å². The van der Waals surface area contributed by atoms with E-state index in [9.17, 15) is 0 Å². The van der Waals surface area contributed by atoms with Gasteiger partial charge in [0.2, 0.25) is 0 Å². The first-order valence-corrected chi connectivity index (χ1v) is 9.78. The van der Waals surface area contributed by atoms with Gasteiger partial charge in [-0.05, 0) is 69.6 Å². The predicted molar refractivity (Wildman–Crippen MR) is 88.1 cm³/mol. The summed E-state index contributed by atoms with van der Waals surface area (Å²) in [5.74, 6) is 1.81. The molecular formula is C20H35F. The van der Waals surface area contributed by atoms with Crippen molar-refractivity contribution in [3.8, 4) is 0 Å². The minimum Gasteiger partial charge on any atom is -0.246 e. The van der Waals surface area contributed by atoms with Gasteiger partial charge in [-0.2, -0.15) is 0 Å². The maximum absolute atomic E-state index is 15.2. The van der Waals surface area contributed by atoms with Crippen LogP contribution in [0.15, 0.2) is 0 Å². The van der Waals surface area contributed by atoms with Gasteiger partial charge >= 0.3 is 0 Å². The first kappa shape index (κ1) is 15.8. The molecule has 0 aromatic rings. The predicted octanol–water partition coefficient (Wildman–Crippen LogP) is 6.68. The summed E-state index contributed by atoms with van der Waals surface area (Å²) >= 11 is 0. The monoisotopic (exact) mass is 294 g/mol. The Hall–Kier alpha value is -0.0700. The summed E-state index contributed by atoms with van der Waals surface area (Å²) in [5, 5.41) is 0. The van der Waals surface area contributed by atoms with Gasteiger partial charge in [0.15, 0.2) is 0 Å². The lowest BCUT2D eigenvalue weighted by atomic mass is 9.42. The van der Waals surface area contributed by atoms with Crippen molar-refractivity contribution >= 4 is 0 Å². The zero-order valence-corrected chi connectivity index (χ0v) is 14.3. The summed E-state index contributed by atoms with van der Waals surface area (Å²) in [6, 6.07) is 0. The Balaban J connectivity index is 1.53. The Bertz CT molecular complexity index is 300. The molecule has 0 unspecified atom stereocenters. The maximum Gasteiger partial charge on any atom is 0.111 e. The molecule has 21 heavy (non-hydrogen) atoms. The van der Waals surface area contributed by atoms with Crippen molar-refractivity contribution in [3.05, 3.63) is 0 Å². The number of alkyl halides is 1. The lowest BCUT2D eigenvalue weighted by molar-refractivity contribution is -0.184. The van der Waals surface area contributed by atoms with Crippen molar-refractivity contribution in [2.24, 2.45) is 22.7 Å². The van der Waals surface area contributed by atoms with Crippen molar-refractivity contribution in [2.45, 2.75) is 103 Å². The standard InChI is InChI=1S/C20H35F/c1-3-5-16-7-11-19(12-8-16)15-20(18(19)21)13-9-17(6-4-2)10-14-20/h16-18H,3-15H2,1-2H3/t16?,17?,18?,19-,20-. The van der Waals surface area contributed by atoms with E-state index in [-0.39, 0.29) is 10.8 Å². The van der Waals surface area contributed by atoms with Gasteiger partial charge in [0.25, 0.3) is 0 Å². The first-order valence-electron chi connectivity index (χ1n) is 9.78. The van der Waals surface area contributed by atoms with Gasteiger partial charge in [-0.15, -0.1) is 0 Å². The van der Waals surface area contributed by atoms with Gasteiger partial charge in [-0.3, -0.25) is 0 Å². The quantitative estimate of drug-likeness (QED) is 0.542. The van der Waals surface area contributed by atoms with Crippen molar-refractivity contribution in [1.29, 1.82) is 0 Å². The molecule has 0 radical (unpaired) electrons. The van der Waals surface area contributed by atoms with Crippen LogP contribution in [0.1, 0.15) is 97.3 Å². The second kappa shape index (κ2) is 6.20. The van der Waals surface area contributed by atoms with E-state index in [1.165, 1.54) is 83.5 Å². The van der Waals surface area contributed by atoms with Crippen molar-refractivity contribution in [1.82, 2.24) is 0 Å². The van der Waals surface area contributed by atoms with Crippen molar-refractivity contribution < 1.29 is 4.39 Å². The van der Waals surface area contributed by atoms with Crippen LogP contribution in [0.5, 0.6) is 0 Å². The fraction of sp³-hybridized carbons (Fsp3) is 1.00. The SMILES string of the molecule is CCCC1CC[C@]2(CC1)C[C@@]1(CCC(CCC)CC1)C2F. The Morgan fingerprint density at radius 1 is 0.762 bits per heavy atom. The molecule has 0 heterocycles. The van der Waals surface area contributed by atoms with Gasteiger partial charge in [-0.25, -0.2) is 4.39 Å². The van der Waals surface area contributed by atoms with Gasteiger partial charge in [0.05, 0.1) is 0 Å². The third-order valence-electron chi connectivity index (χ3n) is 7.38. The molecule has 1 heteroatoms. The molecule has 3 aliphatic rings. The van der Waals surface area contributed by atoms with E-state index in [1.54, 1.807) is 0 Å². The van der Waals surface area contributed by atoms with E-state index < -0.39 is 6.17 Å². The van der Waals surface area contributed by atoms with Crippen LogP contribution in [0, 0.1) is 22.7 Å². The molecule has 3 aliphatic carbocycles. The van der Waals surface area contributed by atoms with Gasteiger partial charge in [0.1, 0.15) is 6.17 Å². The average molecular weight is 294 g/mol. The molecule has 0 aromatic heterocycles. The molecule has 0 nitrogen and oxygen atoms in total. The van der Waals surface area contributed by atoms with E-state index in [0.717, 1.165) is 11.8 Å². The molecule has 0 amide bonds. The molecule has 3 saturated carbocycles. The van der Waals surface area contributed by atoms with Crippen LogP contribution in [0.3, 0.4) is 0 Å². The third kappa shape index (κ3) is 2.79. The summed E-state index contributed by atoms with van der Waals surface area (Å²) in [4.78, 5) is 0. The van der Waals surface area contributed by atoms with Gasteiger partial charge in [-0.1, -0.05) is 39.5 Å². The Morgan fingerprint density at radius 2 is 1.14 bits per heavy atom. The van der Waals surface area contributed by atoms with E-state index in [1.807, 2.05) is 0 Å². The number of halogens is 1. The molecule has 0 atom stereocenters. The van der Waals surface area contributed by atoms with Crippen LogP contribution in [0.4, 0.5) is 4.39 Å². The van der Waals surface area contributed by atoms with Gasteiger partial charge in [0, 0.05) is 10.8 Å². The van der Waals surface area contributed by atoms with Crippen molar-refractivity contribution in [2.75, 3.05) is 0 Å². The highest BCUT2D eigenvalue weighted by Gasteiger charge is 2.64. The van der Waals surface area contributed by atoms with Crippen LogP contribution in [-0.4, -0.2) is 6.17 Å². The summed E-state index contributed by atoms with van der Waals surface area (Å²) < 4.78 is 15.2. The number of hydrogen-bond donors (Lipinski definition) is 0. The smallest absolute Gasteiger partial charge is 0.111 e. The molecule has 0 aromatic carbocycles. The van der Waals surface area contributed by atoms with E-state index >= 15 is 4.39 Å². The number of hydrogen-bond acceptors (Lipinski definition) is 0. The zero-order chi connectivity index (χ0) is 14.9. The molecule has 0 bridgehead atoms. The highest BCUT2D eigenvalue weighted by molar-refractivity contribution is 5.13. The van der Waals surface area contributed by atoms with Crippen LogP contribution in [0.25, 0.3) is 0 Å². The van der Waals surface area contributed by atoms with Gasteiger partial charge < -0.3 is 0 Å². The average Bonchev–Trinajstić information content (AvgIpc) is 2.51. The topological polar surface area (TPSA) is 0 Å².